The Bertz CT molecular complexity index is 936. The highest BCUT2D eigenvalue weighted by Crippen LogP contribution is 2.19. The predicted octanol–water partition coefficient (Wildman–Crippen LogP) is 4.61. The van der Waals surface area contributed by atoms with Crippen molar-refractivity contribution < 1.29 is 4.79 Å². The van der Waals surface area contributed by atoms with E-state index < -0.39 is 0 Å². The van der Waals surface area contributed by atoms with Gasteiger partial charge in [-0.15, -0.1) is 0 Å². The van der Waals surface area contributed by atoms with E-state index in [1.54, 1.807) is 0 Å². The fourth-order valence-corrected chi connectivity index (χ4v) is 2.86. The van der Waals surface area contributed by atoms with Crippen LogP contribution in [0.3, 0.4) is 0 Å². The molecular weight excluding hydrogens is 296 g/mol. The number of amides is 1. The molecule has 0 atom stereocenters. The lowest BCUT2D eigenvalue weighted by Crippen LogP contribution is -2.20. The Kier molecular flexibility index (Phi) is 4.43. The van der Waals surface area contributed by atoms with Gasteiger partial charge in [0.1, 0.15) is 0 Å². The second-order valence-electron chi connectivity index (χ2n) is 5.98. The van der Waals surface area contributed by atoms with Gasteiger partial charge in [-0.05, 0) is 43.2 Å². The van der Waals surface area contributed by atoms with E-state index in [0.29, 0.717) is 5.56 Å². The average molecular weight is 316 g/mol. The first-order chi connectivity index (χ1) is 11.6. The zero-order valence-electron chi connectivity index (χ0n) is 14.1. The van der Waals surface area contributed by atoms with Crippen molar-refractivity contribution >= 4 is 22.4 Å². The molecule has 0 aliphatic carbocycles. The van der Waals surface area contributed by atoms with E-state index in [9.17, 15) is 4.79 Å². The first kappa shape index (κ1) is 15.9. The number of rotatable bonds is 3. The second-order valence-corrected chi connectivity index (χ2v) is 5.98. The molecule has 3 nitrogen and oxygen atoms in total. The Morgan fingerprint density at radius 1 is 0.917 bits per heavy atom. The molecule has 0 saturated carbocycles. The maximum Gasteiger partial charge on any atom is 0.271 e. The highest BCUT2D eigenvalue weighted by molar-refractivity contribution is 6.10. The predicted molar refractivity (Wildman–Crippen MR) is 99.5 cm³/mol. The minimum atomic E-state index is -0.188. The number of aryl methyl sites for hydroxylation is 2. The minimum absolute atomic E-state index is 0.188. The molecular formula is C21H20N2O. The van der Waals surface area contributed by atoms with Crippen LogP contribution in [0.5, 0.6) is 0 Å². The van der Waals surface area contributed by atoms with Gasteiger partial charge in [-0.2, -0.15) is 5.10 Å². The number of benzene rings is 3. The van der Waals surface area contributed by atoms with Gasteiger partial charge in [0.2, 0.25) is 0 Å². The molecule has 0 spiro atoms. The number of nitrogens with one attached hydrogen (secondary N) is 1. The lowest BCUT2D eigenvalue weighted by molar-refractivity contribution is 0.0954. The van der Waals surface area contributed by atoms with E-state index in [-0.39, 0.29) is 5.91 Å². The maximum absolute atomic E-state index is 12.4. The summed E-state index contributed by atoms with van der Waals surface area (Å²) in [5, 5.41) is 6.59. The van der Waals surface area contributed by atoms with Crippen LogP contribution < -0.4 is 5.43 Å². The SMILES string of the molecule is C/C(=N/NC(=O)c1ccc(C)cc1C)c1cccc2ccccc12. The number of carbonyl (C=O) groups is 1. The highest BCUT2D eigenvalue weighted by Gasteiger charge is 2.09. The van der Waals surface area contributed by atoms with Gasteiger partial charge in [0.25, 0.3) is 5.91 Å². The first-order valence-electron chi connectivity index (χ1n) is 7.96. The monoisotopic (exact) mass is 316 g/mol. The molecule has 0 aliphatic rings. The maximum atomic E-state index is 12.4. The van der Waals surface area contributed by atoms with Crippen LogP contribution in [0, 0.1) is 13.8 Å². The van der Waals surface area contributed by atoms with Crippen molar-refractivity contribution in [1.82, 2.24) is 5.43 Å². The molecule has 3 heteroatoms. The summed E-state index contributed by atoms with van der Waals surface area (Å²) >= 11 is 0. The normalized spacial score (nSPS) is 11.5. The van der Waals surface area contributed by atoms with E-state index in [0.717, 1.165) is 33.2 Å². The second kappa shape index (κ2) is 6.67. The standard InChI is InChI=1S/C21H20N2O/c1-14-11-12-18(15(2)13-14)21(24)23-22-16(3)19-10-6-8-17-7-4-5-9-20(17)19/h4-13H,1-3H3,(H,23,24)/b22-16-. The van der Waals surface area contributed by atoms with Crippen LogP contribution in [0.15, 0.2) is 65.8 Å². The Morgan fingerprint density at radius 3 is 2.46 bits per heavy atom. The molecule has 3 aromatic carbocycles. The molecule has 0 saturated heterocycles. The zero-order valence-corrected chi connectivity index (χ0v) is 14.1. The van der Waals surface area contributed by atoms with E-state index in [2.05, 4.69) is 28.7 Å². The van der Waals surface area contributed by atoms with Crippen LogP contribution in [-0.2, 0) is 0 Å². The third kappa shape index (κ3) is 3.20. The van der Waals surface area contributed by atoms with Gasteiger partial charge < -0.3 is 0 Å². The van der Waals surface area contributed by atoms with E-state index >= 15 is 0 Å². The van der Waals surface area contributed by atoms with Gasteiger partial charge in [0, 0.05) is 11.1 Å². The molecule has 1 N–H and O–H groups in total. The number of hydrogen-bond acceptors (Lipinski definition) is 2. The third-order valence-corrected chi connectivity index (χ3v) is 4.13. The summed E-state index contributed by atoms with van der Waals surface area (Å²) in [6.07, 6.45) is 0. The van der Waals surface area contributed by atoms with Crippen LogP contribution in [0.4, 0.5) is 0 Å². The van der Waals surface area contributed by atoms with Gasteiger partial charge in [0.15, 0.2) is 0 Å². The molecule has 24 heavy (non-hydrogen) atoms. The summed E-state index contributed by atoms with van der Waals surface area (Å²) < 4.78 is 0. The minimum Gasteiger partial charge on any atom is -0.267 e. The smallest absolute Gasteiger partial charge is 0.267 e. The number of carbonyl (C=O) groups excluding carboxylic acids is 1. The number of hydrazone groups is 1. The van der Waals surface area contributed by atoms with Crippen molar-refractivity contribution in [3.05, 3.63) is 82.9 Å². The van der Waals surface area contributed by atoms with Gasteiger partial charge in [-0.3, -0.25) is 4.79 Å². The van der Waals surface area contributed by atoms with Crippen LogP contribution in [-0.4, -0.2) is 11.6 Å². The molecule has 120 valence electrons. The Morgan fingerprint density at radius 2 is 1.67 bits per heavy atom. The molecule has 0 fully saturated rings. The summed E-state index contributed by atoms with van der Waals surface area (Å²) in [5.74, 6) is -0.188. The molecule has 0 radical (unpaired) electrons. The van der Waals surface area contributed by atoms with Crippen LogP contribution in [0.25, 0.3) is 10.8 Å². The lowest BCUT2D eigenvalue weighted by atomic mass is 10.0. The van der Waals surface area contributed by atoms with Crippen molar-refractivity contribution in [3.63, 3.8) is 0 Å². The fourth-order valence-electron chi connectivity index (χ4n) is 2.86. The van der Waals surface area contributed by atoms with Gasteiger partial charge in [-0.25, -0.2) is 5.43 Å². The molecule has 3 rings (SSSR count). The number of fused-ring (bicyclic) bond motifs is 1. The Hall–Kier alpha value is -2.94. The van der Waals surface area contributed by atoms with E-state index in [1.165, 1.54) is 0 Å². The average Bonchev–Trinajstić information content (AvgIpc) is 2.59. The van der Waals surface area contributed by atoms with Crippen molar-refractivity contribution in [2.75, 3.05) is 0 Å². The Labute approximate surface area is 142 Å². The summed E-state index contributed by atoms with van der Waals surface area (Å²) in [6.45, 7) is 5.85. The van der Waals surface area contributed by atoms with Crippen molar-refractivity contribution in [2.24, 2.45) is 5.10 Å². The molecule has 0 bridgehead atoms. The summed E-state index contributed by atoms with van der Waals surface area (Å²) in [5.41, 5.74) is 7.21. The molecule has 1 amide bonds. The van der Waals surface area contributed by atoms with E-state index in [1.807, 2.05) is 63.2 Å². The molecule has 0 heterocycles. The van der Waals surface area contributed by atoms with Gasteiger partial charge in [0.05, 0.1) is 5.71 Å². The summed E-state index contributed by atoms with van der Waals surface area (Å²) in [4.78, 5) is 12.4. The largest absolute Gasteiger partial charge is 0.271 e. The van der Waals surface area contributed by atoms with Gasteiger partial charge >= 0.3 is 0 Å². The van der Waals surface area contributed by atoms with Crippen molar-refractivity contribution in [2.45, 2.75) is 20.8 Å². The lowest BCUT2D eigenvalue weighted by Gasteiger charge is -2.08. The quantitative estimate of drug-likeness (QED) is 0.556. The molecule has 0 unspecified atom stereocenters. The number of hydrogen-bond donors (Lipinski definition) is 1. The summed E-state index contributed by atoms with van der Waals surface area (Å²) in [6, 6.07) is 20.0. The summed E-state index contributed by atoms with van der Waals surface area (Å²) in [7, 11) is 0. The zero-order chi connectivity index (χ0) is 17.1. The van der Waals surface area contributed by atoms with Crippen LogP contribution in [0.1, 0.15) is 34.0 Å². The van der Waals surface area contributed by atoms with Crippen molar-refractivity contribution in [3.8, 4) is 0 Å². The molecule has 0 aliphatic heterocycles. The highest BCUT2D eigenvalue weighted by atomic mass is 16.2. The van der Waals surface area contributed by atoms with Gasteiger partial charge in [-0.1, -0.05) is 60.2 Å². The first-order valence-corrected chi connectivity index (χ1v) is 7.96. The van der Waals surface area contributed by atoms with Crippen LogP contribution >= 0.6 is 0 Å². The topological polar surface area (TPSA) is 41.5 Å². The number of nitrogens with zero attached hydrogens (tertiary/aromatic N) is 1. The van der Waals surface area contributed by atoms with Crippen LogP contribution in [0.2, 0.25) is 0 Å². The molecule has 0 aromatic heterocycles. The van der Waals surface area contributed by atoms with E-state index in [4.69, 9.17) is 0 Å². The third-order valence-electron chi connectivity index (χ3n) is 4.13. The fraction of sp³-hybridized carbons (Fsp3) is 0.143. The van der Waals surface area contributed by atoms with Crippen molar-refractivity contribution in [1.29, 1.82) is 0 Å². The Balaban J connectivity index is 1.87. The molecule has 3 aromatic rings.